The number of nitrogens with zero attached hydrogens (tertiary/aromatic N) is 3. The number of aromatic amines is 1. The first-order valence-electron chi connectivity index (χ1n) is 5.37. The van der Waals surface area contributed by atoms with Gasteiger partial charge in [-0.15, -0.1) is 0 Å². The van der Waals surface area contributed by atoms with E-state index >= 15 is 0 Å². The van der Waals surface area contributed by atoms with Crippen LogP contribution in [0.3, 0.4) is 0 Å². The van der Waals surface area contributed by atoms with Gasteiger partial charge in [0.25, 0.3) is 0 Å². The maximum atomic E-state index is 4.19. The monoisotopic (exact) mass is 217 g/mol. The van der Waals surface area contributed by atoms with Crippen molar-refractivity contribution in [2.45, 2.75) is 19.4 Å². The summed E-state index contributed by atoms with van der Waals surface area (Å²) in [6.45, 7) is 2.98. The van der Waals surface area contributed by atoms with E-state index in [4.69, 9.17) is 0 Å². The predicted molar refractivity (Wildman–Crippen MR) is 60.7 cm³/mol. The Bertz CT molecular complexity index is 398. The molecule has 0 aromatic carbocycles. The molecule has 5 heteroatoms. The smallest absolute Gasteiger partial charge is 0.141 e. The van der Waals surface area contributed by atoms with Crippen molar-refractivity contribution < 1.29 is 0 Å². The molecule has 0 radical (unpaired) electrons. The van der Waals surface area contributed by atoms with E-state index in [0.717, 1.165) is 18.8 Å². The van der Waals surface area contributed by atoms with Gasteiger partial charge in [-0.2, -0.15) is 5.10 Å². The Labute approximate surface area is 94.3 Å². The van der Waals surface area contributed by atoms with Crippen LogP contribution in [0.1, 0.15) is 24.4 Å². The van der Waals surface area contributed by atoms with E-state index in [1.165, 1.54) is 11.9 Å². The second-order valence-corrected chi connectivity index (χ2v) is 3.54. The van der Waals surface area contributed by atoms with Crippen molar-refractivity contribution >= 4 is 0 Å². The number of hydrogen-bond donors (Lipinski definition) is 2. The third-order valence-corrected chi connectivity index (χ3v) is 2.40. The molecule has 0 spiro atoms. The fraction of sp³-hybridized carbons (Fsp3) is 0.364. The maximum Gasteiger partial charge on any atom is 0.141 e. The largest absolute Gasteiger partial charge is 0.307 e. The van der Waals surface area contributed by atoms with Gasteiger partial charge in [0, 0.05) is 12.4 Å². The molecule has 1 atom stereocenters. The molecule has 1 unspecified atom stereocenters. The first kappa shape index (κ1) is 10.8. The topological polar surface area (TPSA) is 66.5 Å². The highest BCUT2D eigenvalue weighted by atomic mass is 15.2. The van der Waals surface area contributed by atoms with E-state index in [1.807, 2.05) is 12.1 Å². The summed E-state index contributed by atoms with van der Waals surface area (Å²) < 4.78 is 0. The second kappa shape index (κ2) is 5.37. The third-order valence-electron chi connectivity index (χ3n) is 2.40. The summed E-state index contributed by atoms with van der Waals surface area (Å²) >= 11 is 0. The van der Waals surface area contributed by atoms with Gasteiger partial charge in [0.1, 0.15) is 12.2 Å². The highest BCUT2D eigenvalue weighted by Crippen LogP contribution is 2.13. The van der Waals surface area contributed by atoms with Crippen LogP contribution in [-0.2, 0) is 6.42 Å². The van der Waals surface area contributed by atoms with Crippen LogP contribution in [0.5, 0.6) is 0 Å². The molecule has 0 bridgehead atoms. The van der Waals surface area contributed by atoms with Gasteiger partial charge in [0.2, 0.25) is 0 Å². The second-order valence-electron chi connectivity index (χ2n) is 3.54. The lowest BCUT2D eigenvalue weighted by molar-refractivity contribution is 0.523. The van der Waals surface area contributed by atoms with Crippen LogP contribution in [0.25, 0.3) is 0 Å². The summed E-state index contributed by atoms with van der Waals surface area (Å²) in [5.41, 5.74) is 1.23. The number of hydrogen-bond acceptors (Lipinski definition) is 4. The Morgan fingerprint density at radius 3 is 2.81 bits per heavy atom. The molecule has 5 nitrogen and oxygen atoms in total. The number of likely N-dealkylation sites (N-methyl/N-ethyl adjacent to an activating group) is 1. The highest BCUT2D eigenvalue weighted by molar-refractivity contribution is 5.13. The van der Waals surface area contributed by atoms with Gasteiger partial charge in [0.15, 0.2) is 0 Å². The van der Waals surface area contributed by atoms with E-state index < -0.39 is 0 Å². The fourth-order valence-electron chi connectivity index (χ4n) is 1.65. The Morgan fingerprint density at radius 2 is 2.19 bits per heavy atom. The van der Waals surface area contributed by atoms with Crippen molar-refractivity contribution in [2.24, 2.45) is 0 Å². The lowest BCUT2D eigenvalue weighted by Gasteiger charge is -2.14. The van der Waals surface area contributed by atoms with Crippen LogP contribution >= 0.6 is 0 Å². The molecule has 0 saturated heterocycles. The average molecular weight is 217 g/mol. The van der Waals surface area contributed by atoms with Gasteiger partial charge in [0.05, 0.1) is 6.04 Å². The van der Waals surface area contributed by atoms with E-state index in [9.17, 15) is 0 Å². The van der Waals surface area contributed by atoms with Gasteiger partial charge in [-0.3, -0.25) is 10.1 Å². The molecule has 0 saturated carbocycles. The molecular weight excluding hydrogens is 202 g/mol. The minimum atomic E-state index is 0.176. The Morgan fingerprint density at radius 1 is 1.38 bits per heavy atom. The zero-order valence-corrected chi connectivity index (χ0v) is 9.22. The third kappa shape index (κ3) is 2.64. The maximum absolute atomic E-state index is 4.19. The van der Waals surface area contributed by atoms with Gasteiger partial charge < -0.3 is 5.32 Å². The zero-order chi connectivity index (χ0) is 11.2. The molecular formula is C11H15N5. The number of aromatic nitrogens is 4. The van der Waals surface area contributed by atoms with Crippen molar-refractivity contribution in [1.82, 2.24) is 25.5 Å². The standard InChI is InChI=1S/C11H15N5/c1-2-13-10(11-14-8-15-16-11)7-9-3-5-12-6-4-9/h3-6,8,10,13H,2,7H2,1H3,(H,14,15,16). The summed E-state index contributed by atoms with van der Waals surface area (Å²) in [4.78, 5) is 8.19. The van der Waals surface area contributed by atoms with E-state index in [-0.39, 0.29) is 6.04 Å². The van der Waals surface area contributed by atoms with E-state index in [1.54, 1.807) is 12.4 Å². The van der Waals surface area contributed by atoms with Crippen LogP contribution in [0.15, 0.2) is 30.9 Å². The lowest BCUT2D eigenvalue weighted by atomic mass is 10.1. The number of pyridine rings is 1. The highest BCUT2D eigenvalue weighted by Gasteiger charge is 2.13. The molecule has 0 aliphatic carbocycles. The van der Waals surface area contributed by atoms with Crippen LogP contribution in [-0.4, -0.2) is 26.7 Å². The molecule has 0 amide bonds. The predicted octanol–water partition coefficient (Wildman–Crippen LogP) is 1.09. The first-order valence-corrected chi connectivity index (χ1v) is 5.37. The summed E-state index contributed by atoms with van der Waals surface area (Å²) in [5.74, 6) is 0.874. The minimum Gasteiger partial charge on any atom is -0.307 e. The minimum absolute atomic E-state index is 0.176. The molecule has 2 N–H and O–H groups in total. The van der Waals surface area contributed by atoms with Gasteiger partial charge in [-0.25, -0.2) is 4.98 Å². The van der Waals surface area contributed by atoms with Crippen molar-refractivity contribution in [3.63, 3.8) is 0 Å². The summed E-state index contributed by atoms with van der Waals surface area (Å²) in [7, 11) is 0. The molecule has 0 aliphatic rings. The molecule has 2 aromatic heterocycles. The first-order chi connectivity index (χ1) is 7.90. The van der Waals surface area contributed by atoms with Gasteiger partial charge in [-0.05, 0) is 30.7 Å². The van der Waals surface area contributed by atoms with Crippen LogP contribution in [0.2, 0.25) is 0 Å². The van der Waals surface area contributed by atoms with Crippen LogP contribution in [0.4, 0.5) is 0 Å². The van der Waals surface area contributed by atoms with Crippen LogP contribution in [0, 0.1) is 0 Å². The molecule has 0 fully saturated rings. The Hall–Kier alpha value is -1.75. The number of rotatable bonds is 5. The number of nitrogens with one attached hydrogen (secondary N) is 2. The van der Waals surface area contributed by atoms with E-state index in [2.05, 4.69) is 32.4 Å². The van der Waals surface area contributed by atoms with Gasteiger partial charge in [-0.1, -0.05) is 6.92 Å². The summed E-state index contributed by atoms with van der Waals surface area (Å²) in [5, 5.41) is 10.2. The molecule has 16 heavy (non-hydrogen) atoms. The van der Waals surface area contributed by atoms with E-state index in [0.29, 0.717) is 0 Å². The summed E-state index contributed by atoms with van der Waals surface area (Å²) in [6.07, 6.45) is 6.02. The Kier molecular flexibility index (Phi) is 3.61. The van der Waals surface area contributed by atoms with Crippen molar-refractivity contribution in [2.75, 3.05) is 6.54 Å². The average Bonchev–Trinajstić information content (AvgIpc) is 2.83. The fourth-order valence-corrected chi connectivity index (χ4v) is 1.65. The van der Waals surface area contributed by atoms with Crippen molar-refractivity contribution in [3.8, 4) is 0 Å². The zero-order valence-electron chi connectivity index (χ0n) is 9.22. The molecule has 2 rings (SSSR count). The van der Waals surface area contributed by atoms with Crippen molar-refractivity contribution in [1.29, 1.82) is 0 Å². The number of H-pyrrole nitrogens is 1. The summed E-state index contributed by atoms with van der Waals surface area (Å²) in [6, 6.07) is 4.21. The normalized spacial score (nSPS) is 12.6. The molecule has 84 valence electrons. The molecule has 2 heterocycles. The molecule has 2 aromatic rings. The van der Waals surface area contributed by atoms with Crippen LogP contribution < -0.4 is 5.32 Å². The van der Waals surface area contributed by atoms with Crippen molar-refractivity contribution in [3.05, 3.63) is 42.2 Å². The van der Waals surface area contributed by atoms with Gasteiger partial charge >= 0.3 is 0 Å². The quantitative estimate of drug-likeness (QED) is 0.787. The Balaban J connectivity index is 2.09. The SMILES string of the molecule is CCNC(Cc1ccncc1)c1ncn[nH]1. The lowest BCUT2D eigenvalue weighted by Crippen LogP contribution is -2.24. The molecule has 0 aliphatic heterocycles.